The molecule has 0 aliphatic carbocycles. The Morgan fingerprint density at radius 3 is 0.906 bits per heavy atom. The van der Waals surface area contributed by atoms with Crippen molar-refractivity contribution >= 4 is 0 Å². The Kier molecular flexibility index (Phi) is 46.1. The molecular weight excluding hydrogens is 430 g/mol. The number of rotatable bonds is 23. The standard InChI is InChI=1S/C7H17NO3.C7H16O4.C6H14O4/c2*1-9-4-5-11-7-6-10-3-2-8;7-1-3-9-5-6-10-4-2-8/h2-8H2,1H3;8H,2-7H2,1H3;7-8H,1-6H2. The summed E-state index contributed by atoms with van der Waals surface area (Å²) >= 11 is 0. The second-order valence-electron chi connectivity index (χ2n) is 5.62. The predicted octanol–water partition coefficient (Wildman–Crippen LogP) is -1.71. The maximum atomic E-state index is 8.32. The van der Waals surface area contributed by atoms with E-state index in [1.165, 1.54) is 0 Å². The average molecular weight is 478 g/mol. The molecule has 0 heterocycles. The van der Waals surface area contributed by atoms with E-state index in [9.17, 15) is 0 Å². The Balaban J connectivity index is -0.000000395. The van der Waals surface area contributed by atoms with Crippen molar-refractivity contribution in [2.24, 2.45) is 5.73 Å². The van der Waals surface area contributed by atoms with Gasteiger partial charge in [0.05, 0.1) is 112 Å². The first kappa shape index (κ1) is 36.1. The molecule has 0 amide bonds. The van der Waals surface area contributed by atoms with Crippen LogP contribution >= 0.6 is 0 Å². The first-order valence-corrected chi connectivity index (χ1v) is 10.7. The molecule has 198 valence electrons. The minimum absolute atomic E-state index is 0.0417. The summed E-state index contributed by atoms with van der Waals surface area (Å²) in [7, 11) is 3.28. The molecule has 0 saturated carbocycles. The van der Waals surface area contributed by atoms with Gasteiger partial charge in [0.1, 0.15) is 0 Å². The van der Waals surface area contributed by atoms with Gasteiger partial charge >= 0.3 is 0 Å². The van der Waals surface area contributed by atoms with Crippen LogP contribution in [-0.2, 0) is 37.9 Å². The lowest BCUT2D eigenvalue weighted by Gasteiger charge is -2.03. The van der Waals surface area contributed by atoms with Gasteiger partial charge in [0.25, 0.3) is 0 Å². The average Bonchev–Trinajstić information content (AvgIpc) is 2.81. The number of hydrogen-bond donors (Lipinski definition) is 4. The molecule has 32 heavy (non-hydrogen) atoms. The van der Waals surface area contributed by atoms with E-state index in [4.69, 9.17) is 58.9 Å². The molecule has 0 fully saturated rings. The van der Waals surface area contributed by atoms with Crippen molar-refractivity contribution in [2.75, 3.05) is 133 Å². The highest BCUT2D eigenvalue weighted by Gasteiger charge is 1.89. The minimum atomic E-state index is 0.0417. The van der Waals surface area contributed by atoms with E-state index in [2.05, 4.69) is 0 Å². The summed E-state index contributed by atoms with van der Waals surface area (Å²) < 4.78 is 39.5. The van der Waals surface area contributed by atoms with Crippen LogP contribution in [0.25, 0.3) is 0 Å². The van der Waals surface area contributed by atoms with Crippen molar-refractivity contribution in [2.45, 2.75) is 0 Å². The van der Waals surface area contributed by atoms with Gasteiger partial charge in [-0.05, 0) is 0 Å². The van der Waals surface area contributed by atoms with Crippen molar-refractivity contribution in [1.29, 1.82) is 0 Å². The summed E-state index contributed by atoms with van der Waals surface area (Å²) in [5, 5.41) is 24.8. The molecule has 0 radical (unpaired) electrons. The van der Waals surface area contributed by atoms with Crippen LogP contribution in [0.15, 0.2) is 0 Å². The summed E-state index contributed by atoms with van der Waals surface area (Å²) in [6.45, 7) is 8.14. The fourth-order valence-corrected chi connectivity index (χ4v) is 1.53. The lowest BCUT2D eigenvalue weighted by Crippen LogP contribution is -2.13. The van der Waals surface area contributed by atoms with Crippen LogP contribution in [0.4, 0.5) is 0 Å². The van der Waals surface area contributed by atoms with E-state index in [1.807, 2.05) is 0 Å². The predicted molar refractivity (Wildman–Crippen MR) is 119 cm³/mol. The van der Waals surface area contributed by atoms with Gasteiger partial charge in [0.15, 0.2) is 0 Å². The fourth-order valence-electron chi connectivity index (χ4n) is 1.53. The number of hydrogen-bond acceptors (Lipinski definition) is 12. The van der Waals surface area contributed by atoms with Crippen molar-refractivity contribution in [3.05, 3.63) is 0 Å². The lowest BCUT2D eigenvalue weighted by molar-refractivity contribution is 0.0159. The highest BCUT2D eigenvalue weighted by Crippen LogP contribution is 1.79. The van der Waals surface area contributed by atoms with Crippen molar-refractivity contribution in [3.8, 4) is 0 Å². The number of nitrogens with two attached hydrogens (primary N) is 1. The zero-order valence-corrected chi connectivity index (χ0v) is 19.9. The Morgan fingerprint density at radius 1 is 0.406 bits per heavy atom. The second kappa shape index (κ2) is 40.8. The van der Waals surface area contributed by atoms with E-state index in [1.54, 1.807) is 14.2 Å². The SMILES string of the molecule is COCCOCCOCCN.COCCOCCOCCO.OCCOCCOCCO. The zero-order chi connectivity index (χ0) is 24.4. The van der Waals surface area contributed by atoms with E-state index in [-0.39, 0.29) is 19.8 Å². The number of ether oxygens (including phenoxy) is 8. The van der Waals surface area contributed by atoms with Gasteiger partial charge in [0, 0.05) is 20.8 Å². The van der Waals surface area contributed by atoms with Crippen LogP contribution in [0.1, 0.15) is 0 Å². The van der Waals surface area contributed by atoms with E-state index in [0.29, 0.717) is 99.0 Å². The molecule has 0 aliphatic rings. The first-order valence-electron chi connectivity index (χ1n) is 10.7. The summed E-state index contributed by atoms with van der Waals surface area (Å²) in [5.41, 5.74) is 5.21. The quantitative estimate of drug-likeness (QED) is 0.124. The summed E-state index contributed by atoms with van der Waals surface area (Å²) in [5.74, 6) is 0. The Labute approximate surface area is 192 Å². The largest absolute Gasteiger partial charge is 0.394 e. The van der Waals surface area contributed by atoms with Gasteiger partial charge < -0.3 is 58.9 Å². The lowest BCUT2D eigenvalue weighted by atomic mass is 10.7. The molecule has 0 aromatic rings. The molecule has 0 saturated heterocycles. The molecule has 0 aliphatic heterocycles. The Bertz CT molecular complexity index is 238. The Morgan fingerprint density at radius 2 is 0.656 bits per heavy atom. The Hall–Kier alpha value is -0.480. The zero-order valence-electron chi connectivity index (χ0n) is 19.9. The highest BCUT2D eigenvalue weighted by molar-refractivity contribution is 4.33. The van der Waals surface area contributed by atoms with Crippen molar-refractivity contribution in [1.82, 2.24) is 0 Å². The smallest absolute Gasteiger partial charge is 0.0701 e. The van der Waals surface area contributed by atoms with Crippen LogP contribution in [0.3, 0.4) is 0 Å². The van der Waals surface area contributed by atoms with Gasteiger partial charge in [-0.15, -0.1) is 0 Å². The summed E-state index contributed by atoms with van der Waals surface area (Å²) in [6.07, 6.45) is 0. The molecule has 0 unspecified atom stereocenters. The van der Waals surface area contributed by atoms with Crippen LogP contribution in [-0.4, -0.2) is 148 Å². The van der Waals surface area contributed by atoms with E-state index >= 15 is 0 Å². The topological polar surface area (TPSA) is 161 Å². The molecular formula is C20H47NO11. The molecule has 0 atom stereocenters. The monoisotopic (exact) mass is 477 g/mol. The number of aliphatic hydroxyl groups is 3. The summed E-state index contributed by atoms with van der Waals surface area (Å²) in [6, 6.07) is 0. The third kappa shape index (κ3) is 47.3. The highest BCUT2D eigenvalue weighted by atomic mass is 16.5. The summed E-state index contributed by atoms with van der Waals surface area (Å²) in [4.78, 5) is 0. The van der Waals surface area contributed by atoms with Crippen LogP contribution in [0, 0.1) is 0 Å². The maximum Gasteiger partial charge on any atom is 0.0701 e. The molecule has 0 bridgehead atoms. The van der Waals surface area contributed by atoms with Crippen molar-refractivity contribution < 1.29 is 53.2 Å². The van der Waals surface area contributed by atoms with Gasteiger partial charge in [-0.25, -0.2) is 0 Å². The van der Waals surface area contributed by atoms with Crippen molar-refractivity contribution in [3.63, 3.8) is 0 Å². The fraction of sp³-hybridized carbons (Fsp3) is 1.00. The molecule has 0 aromatic heterocycles. The molecule has 12 heteroatoms. The molecule has 5 N–H and O–H groups in total. The second-order valence-corrected chi connectivity index (χ2v) is 5.62. The number of methoxy groups -OCH3 is 2. The van der Waals surface area contributed by atoms with Gasteiger partial charge in [-0.1, -0.05) is 0 Å². The third-order valence-electron chi connectivity index (χ3n) is 2.95. The molecule has 0 spiro atoms. The normalized spacial score (nSPS) is 10.3. The van der Waals surface area contributed by atoms with Gasteiger partial charge in [-0.2, -0.15) is 0 Å². The third-order valence-corrected chi connectivity index (χ3v) is 2.95. The molecule has 0 aromatic carbocycles. The molecule has 12 nitrogen and oxygen atoms in total. The van der Waals surface area contributed by atoms with Gasteiger partial charge in [0.2, 0.25) is 0 Å². The van der Waals surface area contributed by atoms with E-state index in [0.717, 1.165) is 0 Å². The van der Waals surface area contributed by atoms with Gasteiger partial charge in [-0.3, -0.25) is 0 Å². The van der Waals surface area contributed by atoms with Crippen LogP contribution in [0.5, 0.6) is 0 Å². The minimum Gasteiger partial charge on any atom is -0.394 e. The first-order chi connectivity index (χ1) is 15.7. The van der Waals surface area contributed by atoms with Crippen LogP contribution < -0.4 is 5.73 Å². The van der Waals surface area contributed by atoms with E-state index < -0.39 is 0 Å². The number of aliphatic hydroxyl groups excluding tert-OH is 3. The van der Waals surface area contributed by atoms with Crippen LogP contribution in [0.2, 0.25) is 0 Å². The maximum absolute atomic E-state index is 8.32. The molecule has 0 rings (SSSR count).